The van der Waals surface area contributed by atoms with Crippen molar-refractivity contribution in [1.82, 2.24) is 10.2 Å². The van der Waals surface area contributed by atoms with Crippen molar-refractivity contribution in [3.05, 3.63) is 52.4 Å². The van der Waals surface area contributed by atoms with E-state index in [4.69, 9.17) is 17.3 Å². The standard InChI is InChI=1S/C21H24N2O4S2/c1-15(12-16-8-4-2-5-9-16)13-17-20(27)23(21(28)29-17)14-18(24)22-11-7-3-6-10-19(25)26/h2,4-5,8-9,12-13H,3,6-7,10-11,14H2,1H3,(H,22,24)(H,25,26)/b15-12+,17-13-. The molecule has 1 aromatic rings. The molecule has 0 aromatic heterocycles. The minimum Gasteiger partial charge on any atom is -0.481 e. The molecule has 0 spiro atoms. The monoisotopic (exact) mass is 432 g/mol. The number of aliphatic carboxylic acids is 1. The zero-order valence-electron chi connectivity index (χ0n) is 16.2. The fourth-order valence-electron chi connectivity index (χ4n) is 2.70. The zero-order valence-corrected chi connectivity index (χ0v) is 17.9. The van der Waals surface area contributed by atoms with Crippen LogP contribution in [0.1, 0.15) is 38.2 Å². The SMILES string of the molecule is CC(/C=C1\SC(=S)N(CC(=O)NCCCCCC(=O)O)C1=O)=C\c1ccccc1. The van der Waals surface area contributed by atoms with Gasteiger partial charge in [0.2, 0.25) is 5.91 Å². The molecule has 2 N–H and O–H groups in total. The lowest BCUT2D eigenvalue weighted by molar-refractivity contribution is -0.137. The number of benzene rings is 1. The van der Waals surface area contributed by atoms with E-state index in [2.05, 4.69) is 5.32 Å². The largest absolute Gasteiger partial charge is 0.481 e. The molecule has 0 aliphatic carbocycles. The van der Waals surface area contributed by atoms with E-state index in [9.17, 15) is 14.4 Å². The Morgan fingerprint density at radius 3 is 2.62 bits per heavy atom. The molecule has 0 saturated carbocycles. The Balaban J connectivity index is 1.84. The molecule has 1 aliphatic heterocycles. The number of thiocarbonyl (C=S) groups is 1. The number of nitrogens with zero attached hydrogens (tertiary/aromatic N) is 1. The van der Waals surface area contributed by atoms with E-state index in [-0.39, 0.29) is 24.8 Å². The van der Waals surface area contributed by atoms with Crippen LogP contribution in [0.2, 0.25) is 0 Å². The number of carboxylic acids is 1. The summed E-state index contributed by atoms with van der Waals surface area (Å²) in [6, 6.07) is 9.80. The molecule has 0 unspecified atom stereocenters. The molecular weight excluding hydrogens is 408 g/mol. The van der Waals surface area contributed by atoms with Gasteiger partial charge in [0.05, 0.1) is 4.91 Å². The molecule has 0 radical (unpaired) electrons. The average Bonchev–Trinajstić information content (AvgIpc) is 2.92. The number of amides is 2. The number of thioether (sulfide) groups is 1. The highest BCUT2D eigenvalue weighted by Gasteiger charge is 2.33. The smallest absolute Gasteiger partial charge is 0.303 e. The Morgan fingerprint density at radius 2 is 1.93 bits per heavy atom. The van der Waals surface area contributed by atoms with Crippen LogP contribution in [0.25, 0.3) is 6.08 Å². The molecular formula is C21H24N2O4S2. The quantitative estimate of drug-likeness (QED) is 0.334. The van der Waals surface area contributed by atoms with Crippen molar-refractivity contribution < 1.29 is 19.5 Å². The highest BCUT2D eigenvalue weighted by Crippen LogP contribution is 2.31. The molecule has 1 heterocycles. The van der Waals surface area contributed by atoms with Gasteiger partial charge in [-0.3, -0.25) is 19.3 Å². The first kappa shape index (κ1) is 22.8. The minimum atomic E-state index is -0.815. The van der Waals surface area contributed by atoms with Gasteiger partial charge in [-0.1, -0.05) is 66.8 Å². The van der Waals surface area contributed by atoms with Gasteiger partial charge in [0.25, 0.3) is 5.91 Å². The summed E-state index contributed by atoms with van der Waals surface area (Å²) in [7, 11) is 0. The van der Waals surface area contributed by atoms with E-state index in [1.54, 1.807) is 6.08 Å². The van der Waals surface area contributed by atoms with Gasteiger partial charge in [-0.25, -0.2) is 0 Å². The number of rotatable bonds is 10. The first-order valence-electron chi connectivity index (χ1n) is 9.34. The Kier molecular flexibility index (Phi) is 9.08. The molecule has 1 aliphatic rings. The molecule has 1 fully saturated rings. The van der Waals surface area contributed by atoms with E-state index in [1.807, 2.05) is 43.3 Å². The fourth-order valence-corrected chi connectivity index (χ4v) is 4.01. The summed E-state index contributed by atoms with van der Waals surface area (Å²) in [5, 5.41) is 11.3. The van der Waals surface area contributed by atoms with Crippen molar-refractivity contribution in [3.63, 3.8) is 0 Å². The van der Waals surface area contributed by atoms with Gasteiger partial charge in [0, 0.05) is 13.0 Å². The highest BCUT2D eigenvalue weighted by atomic mass is 32.2. The molecule has 154 valence electrons. The van der Waals surface area contributed by atoms with E-state index in [1.165, 1.54) is 16.7 Å². The topological polar surface area (TPSA) is 86.7 Å². The molecule has 2 rings (SSSR count). The number of unbranched alkanes of at least 4 members (excludes halogenated alkanes) is 2. The van der Waals surface area contributed by atoms with Crippen LogP contribution in [0, 0.1) is 0 Å². The van der Waals surface area contributed by atoms with Gasteiger partial charge in [-0.15, -0.1) is 0 Å². The summed E-state index contributed by atoms with van der Waals surface area (Å²) in [5.74, 6) is -1.36. The van der Waals surface area contributed by atoms with Crippen molar-refractivity contribution in [2.75, 3.05) is 13.1 Å². The lowest BCUT2D eigenvalue weighted by Gasteiger charge is -2.14. The molecule has 0 atom stereocenters. The predicted molar refractivity (Wildman–Crippen MR) is 119 cm³/mol. The van der Waals surface area contributed by atoms with Crippen molar-refractivity contribution in [2.24, 2.45) is 0 Å². The number of carbonyl (C=O) groups excluding carboxylic acids is 2. The lowest BCUT2D eigenvalue weighted by atomic mass is 10.1. The second kappa shape index (κ2) is 11.5. The van der Waals surface area contributed by atoms with E-state index in [0.717, 1.165) is 17.6 Å². The third kappa shape index (κ3) is 7.83. The number of hydrogen-bond acceptors (Lipinski definition) is 5. The summed E-state index contributed by atoms with van der Waals surface area (Å²) in [4.78, 5) is 37.0. The van der Waals surface area contributed by atoms with Crippen LogP contribution in [0.5, 0.6) is 0 Å². The van der Waals surface area contributed by atoms with Gasteiger partial charge < -0.3 is 10.4 Å². The Hall–Kier alpha value is -2.45. The van der Waals surface area contributed by atoms with Gasteiger partial charge in [0.15, 0.2) is 0 Å². The average molecular weight is 433 g/mol. The van der Waals surface area contributed by atoms with E-state index < -0.39 is 5.97 Å². The maximum absolute atomic E-state index is 12.6. The van der Waals surface area contributed by atoms with Crippen LogP contribution in [-0.2, 0) is 14.4 Å². The maximum Gasteiger partial charge on any atom is 0.303 e. The highest BCUT2D eigenvalue weighted by molar-refractivity contribution is 8.26. The van der Waals surface area contributed by atoms with Gasteiger partial charge in [-0.05, 0) is 37.0 Å². The molecule has 8 heteroatoms. The van der Waals surface area contributed by atoms with Crippen LogP contribution in [0.4, 0.5) is 0 Å². The van der Waals surface area contributed by atoms with Crippen LogP contribution in [0.15, 0.2) is 46.9 Å². The number of allylic oxidation sites excluding steroid dienone is 2. The second-order valence-corrected chi connectivity index (χ2v) is 8.30. The predicted octanol–water partition coefficient (Wildman–Crippen LogP) is 3.60. The molecule has 2 amide bonds. The van der Waals surface area contributed by atoms with Crippen LogP contribution >= 0.6 is 24.0 Å². The van der Waals surface area contributed by atoms with Crippen molar-refractivity contribution in [2.45, 2.75) is 32.6 Å². The molecule has 1 aromatic carbocycles. The Bertz CT molecular complexity index is 834. The first-order chi connectivity index (χ1) is 13.9. The number of carbonyl (C=O) groups is 3. The molecule has 1 saturated heterocycles. The second-order valence-electron chi connectivity index (χ2n) is 6.62. The Labute approximate surface area is 180 Å². The third-order valence-corrected chi connectivity index (χ3v) is 5.50. The summed E-state index contributed by atoms with van der Waals surface area (Å²) in [5.41, 5.74) is 1.96. The summed E-state index contributed by atoms with van der Waals surface area (Å²) < 4.78 is 0.366. The molecule has 29 heavy (non-hydrogen) atoms. The molecule has 6 nitrogen and oxygen atoms in total. The van der Waals surface area contributed by atoms with Crippen molar-refractivity contribution >= 4 is 52.2 Å². The fraction of sp³-hybridized carbons (Fsp3) is 0.333. The van der Waals surface area contributed by atoms with E-state index in [0.29, 0.717) is 28.6 Å². The summed E-state index contributed by atoms with van der Waals surface area (Å²) >= 11 is 6.45. The number of hydrogen-bond donors (Lipinski definition) is 2. The third-order valence-electron chi connectivity index (χ3n) is 4.12. The molecule has 0 bridgehead atoms. The van der Waals surface area contributed by atoms with E-state index >= 15 is 0 Å². The Morgan fingerprint density at radius 1 is 1.21 bits per heavy atom. The van der Waals surface area contributed by atoms with Crippen molar-refractivity contribution in [3.8, 4) is 0 Å². The lowest BCUT2D eigenvalue weighted by Crippen LogP contribution is -2.39. The van der Waals surface area contributed by atoms with Gasteiger partial charge in [0.1, 0.15) is 10.9 Å². The van der Waals surface area contributed by atoms with Crippen LogP contribution in [-0.4, -0.2) is 45.2 Å². The number of nitrogens with one attached hydrogen (secondary N) is 1. The van der Waals surface area contributed by atoms with Gasteiger partial charge >= 0.3 is 5.97 Å². The zero-order chi connectivity index (χ0) is 21.2. The first-order valence-corrected chi connectivity index (χ1v) is 10.6. The minimum absolute atomic E-state index is 0.113. The van der Waals surface area contributed by atoms with Gasteiger partial charge in [-0.2, -0.15) is 0 Å². The van der Waals surface area contributed by atoms with Crippen molar-refractivity contribution in [1.29, 1.82) is 0 Å². The maximum atomic E-state index is 12.6. The number of carboxylic acid groups (broad SMARTS) is 1. The summed E-state index contributed by atoms with van der Waals surface area (Å²) in [6.07, 6.45) is 5.90. The summed E-state index contributed by atoms with van der Waals surface area (Å²) in [6.45, 7) is 2.25. The normalized spacial score (nSPS) is 15.8. The van der Waals surface area contributed by atoms with Crippen LogP contribution in [0.3, 0.4) is 0 Å². The van der Waals surface area contributed by atoms with Crippen LogP contribution < -0.4 is 5.32 Å².